The largest absolute Gasteiger partial charge is 0.309 e. The fraction of sp³-hybridized carbons (Fsp3) is 0.636. The molecule has 0 amide bonds. The summed E-state index contributed by atoms with van der Waals surface area (Å²) in [6.07, 6.45) is 4.22. The average Bonchev–Trinajstić information content (AvgIpc) is 2.85. The van der Waals surface area contributed by atoms with Gasteiger partial charge in [0.25, 0.3) is 0 Å². The summed E-state index contributed by atoms with van der Waals surface area (Å²) in [5, 5.41) is 3.54. The van der Waals surface area contributed by atoms with Crippen LogP contribution in [0.3, 0.4) is 0 Å². The van der Waals surface area contributed by atoms with E-state index in [4.69, 9.17) is 11.6 Å². The van der Waals surface area contributed by atoms with E-state index in [1.807, 2.05) is 6.07 Å². The minimum Gasteiger partial charge on any atom is -0.309 e. The van der Waals surface area contributed by atoms with E-state index in [2.05, 4.69) is 18.3 Å². The molecule has 78 valence electrons. The van der Waals surface area contributed by atoms with Crippen LogP contribution in [0.2, 0.25) is 4.34 Å². The summed E-state index contributed by atoms with van der Waals surface area (Å²) in [6.45, 7) is 3.23. The molecule has 1 aliphatic carbocycles. The molecule has 1 heterocycles. The summed E-state index contributed by atoms with van der Waals surface area (Å²) < 4.78 is 0.886. The van der Waals surface area contributed by atoms with Crippen molar-refractivity contribution in [1.82, 2.24) is 5.32 Å². The first-order chi connectivity index (χ1) is 6.74. The Hall–Kier alpha value is -0.0500. The summed E-state index contributed by atoms with van der Waals surface area (Å²) in [6, 6.07) is 4.71. The van der Waals surface area contributed by atoms with E-state index in [1.54, 1.807) is 11.3 Å². The normalized spacial score (nSPS) is 18.4. The number of thiophene rings is 1. The predicted molar refractivity (Wildman–Crippen MR) is 63.0 cm³/mol. The molecule has 3 heteroatoms. The molecule has 0 bridgehead atoms. The molecule has 14 heavy (non-hydrogen) atoms. The van der Waals surface area contributed by atoms with E-state index in [1.165, 1.54) is 24.1 Å². The van der Waals surface area contributed by atoms with Crippen LogP contribution in [0.4, 0.5) is 0 Å². The maximum absolute atomic E-state index is 5.86. The molecule has 1 aromatic heterocycles. The van der Waals surface area contributed by atoms with Gasteiger partial charge in [0.05, 0.1) is 4.34 Å². The minimum absolute atomic E-state index is 0.642. The Bertz CT molecular complexity index is 293. The van der Waals surface area contributed by atoms with Crippen molar-refractivity contribution in [2.24, 2.45) is 5.92 Å². The zero-order valence-corrected chi connectivity index (χ0v) is 10.00. The molecule has 0 saturated heterocycles. The van der Waals surface area contributed by atoms with Gasteiger partial charge in [-0.2, -0.15) is 0 Å². The lowest BCUT2D eigenvalue weighted by atomic mass is 10.1. The van der Waals surface area contributed by atoms with Crippen molar-refractivity contribution in [2.45, 2.75) is 38.8 Å². The first-order valence-electron chi connectivity index (χ1n) is 5.21. The van der Waals surface area contributed by atoms with Gasteiger partial charge in [-0.25, -0.2) is 0 Å². The molecule has 1 aliphatic rings. The van der Waals surface area contributed by atoms with Gasteiger partial charge < -0.3 is 5.32 Å². The van der Waals surface area contributed by atoms with Crippen molar-refractivity contribution in [1.29, 1.82) is 0 Å². The molecule has 2 rings (SSSR count). The first kappa shape index (κ1) is 10.5. The predicted octanol–water partition coefficient (Wildman–Crippen LogP) is 3.68. The van der Waals surface area contributed by atoms with Crippen LogP contribution in [0.25, 0.3) is 0 Å². The second-order valence-corrected chi connectivity index (χ2v) is 5.97. The van der Waals surface area contributed by atoms with Crippen LogP contribution in [0.15, 0.2) is 12.1 Å². The molecule has 1 fully saturated rings. The minimum atomic E-state index is 0.642. The Balaban J connectivity index is 1.70. The standard InChI is InChI=1S/C11H16ClNS/c1-8(6-9-2-3-9)13-7-10-4-5-11(12)14-10/h4-5,8-9,13H,2-3,6-7H2,1H3. The van der Waals surface area contributed by atoms with Crippen LogP contribution in [0.1, 0.15) is 31.1 Å². The first-order valence-corrected chi connectivity index (χ1v) is 6.41. The van der Waals surface area contributed by atoms with Crippen molar-refractivity contribution in [3.05, 3.63) is 21.3 Å². The Labute approximate surface area is 94.5 Å². The molecule has 0 aliphatic heterocycles. The van der Waals surface area contributed by atoms with Crippen LogP contribution in [0.5, 0.6) is 0 Å². The van der Waals surface area contributed by atoms with Crippen LogP contribution >= 0.6 is 22.9 Å². The monoisotopic (exact) mass is 229 g/mol. The summed E-state index contributed by atoms with van der Waals surface area (Å²) >= 11 is 7.53. The van der Waals surface area contributed by atoms with Gasteiger partial charge in [0.2, 0.25) is 0 Å². The highest BCUT2D eigenvalue weighted by atomic mass is 35.5. The van der Waals surface area contributed by atoms with Gasteiger partial charge >= 0.3 is 0 Å². The van der Waals surface area contributed by atoms with Gasteiger partial charge in [0, 0.05) is 17.5 Å². The molecular weight excluding hydrogens is 214 g/mol. The van der Waals surface area contributed by atoms with Gasteiger partial charge in [0.15, 0.2) is 0 Å². The Morgan fingerprint density at radius 2 is 2.36 bits per heavy atom. The summed E-state index contributed by atoms with van der Waals surface area (Å²) in [5.41, 5.74) is 0. The Morgan fingerprint density at radius 3 is 2.93 bits per heavy atom. The van der Waals surface area contributed by atoms with Crippen LogP contribution in [-0.4, -0.2) is 6.04 Å². The molecular formula is C11H16ClNS. The highest BCUT2D eigenvalue weighted by Crippen LogP contribution is 2.33. The summed E-state index contributed by atoms with van der Waals surface area (Å²) in [4.78, 5) is 1.33. The molecule has 1 nitrogen and oxygen atoms in total. The van der Waals surface area contributed by atoms with Crippen LogP contribution in [-0.2, 0) is 6.54 Å². The molecule has 1 aromatic rings. The van der Waals surface area contributed by atoms with Crippen molar-refractivity contribution in [3.63, 3.8) is 0 Å². The van der Waals surface area contributed by atoms with E-state index < -0.39 is 0 Å². The van der Waals surface area contributed by atoms with Gasteiger partial charge in [-0.3, -0.25) is 0 Å². The maximum Gasteiger partial charge on any atom is 0.0931 e. The third-order valence-corrected chi connectivity index (χ3v) is 3.87. The van der Waals surface area contributed by atoms with E-state index in [0.717, 1.165) is 16.8 Å². The number of hydrogen-bond acceptors (Lipinski definition) is 2. The van der Waals surface area contributed by atoms with Crippen molar-refractivity contribution >= 4 is 22.9 Å². The number of hydrogen-bond donors (Lipinski definition) is 1. The average molecular weight is 230 g/mol. The van der Waals surface area contributed by atoms with E-state index >= 15 is 0 Å². The van der Waals surface area contributed by atoms with Crippen molar-refractivity contribution in [3.8, 4) is 0 Å². The smallest absolute Gasteiger partial charge is 0.0931 e. The highest BCUT2D eigenvalue weighted by molar-refractivity contribution is 7.16. The lowest BCUT2D eigenvalue weighted by Gasteiger charge is -2.11. The molecule has 0 aromatic carbocycles. The van der Waals surface area contributed by atoms with E-state index in [-0.39, 0.29) is 0 Å². The zero-order valence-electron chi connectivity index (χ0n) is 8.42. The summed E-state index contributed by atoms with van der Waals surface area (Å²) in [5.74, 6) is 1.00. The van der Waals surface area contributed by atoms with E-state index in [9.17, 15) is 0 Å². The van der Waals surface area contributed by atoms with Crippen LogP contribution < -0.4 is 5.32 Å². The molecule has 1 saturated carbocycles. The van der Waals surface area contributed by atoms with E-state index in [0.29, 0.717) is 6.04 Å². The molecule has 1 atom stereocenters. The second-order valence-electron chi connectivity index (χ2n) is 4.17. The SMILES string of the molecule is CC(CC1CC1)NCc1ccc(Cl)s1. The van der Waals surface area contributed by atoms with Crippen LogP contribution in [0, 0.1) is 5.92 Å². The topological polar surface area (TPSA) is 12.0 Å². The summed E-state index contributed by atoms with van der Waals surface area (Å²) in [7, 11) is 0. The molecule has 0 spiro atoms. The van der Waals surface area contributed by atoms with Gasteiger partial charge in [-0.05, 0) is 31.4 Å². The highest BCUT2D eigenvalue weighted by Gasteiger charge is 2.23. The zero-order chi connectivity index (χ0) is 9.97. The number of rotatable bonds is 5. The maximum atomic E-state index is 5.86. The lowest BCUT2D eigenvalue weighted by molar-refractivity contribution is 0.490. The van der Waals surface area contributed by atoms with Crippen molar-refractivity contribution in [2.75, 3.05) is 0 Å². The lowest BCUT2D eigenvalue weighted by Crippen LogP contribution is -2.25. The Kier molecular flexibility index (Phi) is 3.47. The number of nitrogens with one attached hydrogen (secondary N) is 1. The second kappa shape index (κ2) is 4.65. The number of halogens is 1. The molecule has 1 unspecified atom stereocenters. The van der Waals surface area contributed by atoms with Gasteiger partial charge in [-0.15, -0.1) is 11.3 Å². The molecule has 1 N–H and O–H groups in total. The Morgan fingerprint density at radius 1 is 1.57 bits per heavy atom. The third kappa shape index (κ3) is 3.26. The van der Waals surface area contributed by atoms with Crippen molar-refractivity contribution < 1.29 is 0 Å². The van der Waals surface area contributed by atoms with Gasteiger partial charge in [-0.1, -0.05) is 24.4 Å². The quantitative estimate of drug-likeness (QED) is 0.812. The fourth-order valence-electron chi connectivity index (χ4n) is 1.66. The third-order valence-electron chi connectivity index (χ3n) is 2.64. The fourth-order valence-corrected chi connectivity index (χ4v) is 2.70. The molecule has 0 radical (unpaired) electrons. The van der Waals surface area contributed by atoms with Gasteiger partial charge in [0.1, 0.15) is 0 Å².